The Bertz CT molecular complexity index is 308. The van der Waals surface area contributed by atoms with Gasteiger partial charge in [-0.15, -0.1) is 0 Å². The molecule has 0 aliphatic rings. The number of carbonyl (C=O) groups excluding carboxylic acids is 1. The van der Waals surface area contributed by atoms with Crippen molar-refractivity contribution in [3.05, 3.63) is 16.8 Å². The van der Waals surface area contributed by atoms with Gasteiger partial charge in [-0.05, 0) is 17.9 Å². The lowest BCUT2D eigenvalue weighted by Crippen LogP contribution is -2.28. The summed E-state index contributed by atoms with van der Waals surface area (Å²) < 4.78 is 0. The van der Waals surface area contributed by atoms with Crippen molar-refractivity contribution < 1.29 is 4.79 Å². The van der Waals surface area contributed by atoms with Gasteiger partial charge in [-0.25, -0.2) is 0 Å². The van der Waals surface area contributed by atoms with Gasteiger partial charge < -0.3 is 4.90 Å². The summed E-state index contributed by atoms with van der Waals surface area (Å²) in [4.78, 5) is 13.4. The molecule has 0 radical (unpaired) electrons. The largest absolute Gasteiger partial charge is 0.312 e. The zero-order valence-electron chi connectivity index (χ0n) is 10.9. The number of nitrogens with zero attached hydrogens (tertiary/aromatic N) is 1. The number of hydrogen-bond donors (Lipinski definition) is 0. The van der Waals surface area contributed by atoms with Gasteiger partial charge in [0.05, 0.1) is 5.69 Å². The molecule has 0 atom stereocenters. The highest BCUT2D eigenvalue weighted by molar-refractivity contribution is 7.08. The maximum Gasteiger partial charge on any atom is 0.223 e. The topological polar surface area (TPSA) is 20.3 Å². The fourth-order valence-electron chi connectivity index (χ4n) is 1.93. The van der Waals surface area contributed by atoms with E-state index in [9.17, 15) is 4.79 Å². The molecule has 1 aromatic heterocycles. The highest BCUT2D eigenvalue weighted by Crippen LogP contribution is 2.19. The zero-order chi connectivity index (χ0) is 12.5. The molecule has 17 heavy (non-hydrogen) atoms. The Morgan fingerprint density at radius 1 is 1.24 bits per heavy atom. The molecular weight excluding hydrogens is 230 g/mol. The van der Waals surface area contributed by atoms with Crippen LogP contribution in [0.5, 0.6) is 0 Å². The number of carbonyl (C=O) groups is 1. The van der Waals surface area contributed by atoms with E-state index < -0.39 is 0 Å². The normalized spacial score (nSPS) is 10.5. The summed E-state index contributed by atoms with van der Waals surface area (Å²) in [7, 11) is 0. The van der Waals surface area contributed by atoms with E-state index in [0.717, 1.165) is 18.7 Å². The van der Waals surface area contributed by atoms with Crippen LogP contribution in [0.15, 0.2) is 16.8 Å². The third-order valence-electron chi connectivity index (χ3n) is 2.93. The first kappa shape index (κ1) is 14.2. The molecule has 1 amide bonds. The number of unbranched alkanes of at least 4 members (excludes halogenated alkanes) is 5. The van der Waals surface area contributed by atoms with Gasteiger partial charge in [-0.2, -0.15) is 11.3 Å². The molecule has 0 bridgehead atoms. The second-order valence-electron chi connectivity index (χ2n) is 4.42. The Labute approximate surface area is 109 Å². The summed E-state index contributed by atoms with van der Waals surface area (Å²) in [6.07, 6.45) is 7.58. The third kappa shape index (κ3) is 5.35. The lowest BCUT2D eigenvalue weighted by molar-refractivity contribution is -0.116. The van der Waals surface area contributed by atoms with E-state index in [1.54, 1.807) is 18.3 Å². The van der Waals surface area contributed by atoms with Crippen molar-refractivity contribution in [3.8, 4) is 0 Å². The predicted molar refractivity (Wildman–Crippen MR) is 75.7 cm³/mol. The van der Waals surface area contributed by atoms with E-state index in [4.69, 9.17) is 0 Å². The molecule has 96 valence electrons. The predicted octanol–water partition coefficient (Wildman–Crippen LogP) is 4.46. The molecule has 3 heteroatoms. The van der Waals surface area contributed by atoms with E-state index in [0.29, 0.717) is 0 Å². The van der Waals surface area contributed by atoms with Gasteiger partial charge in [0.2, 0.25) is 5.91 Å². The van der Waals surface area contributed by atoms with Crippen LogP contribution < -0.4 is 4.90 Å². The molecule has 0 spiro atoms. The molecule has 0 aliphatic carbocycles. The second kappa shape index (κ2) is 8.29. The lowest BCUT2D eigenvalue weighted by Gasteiger charge is -2.19. The molecule has 0 unspecified atom stereocenters. The van der Waals surface area contributed by atoms with Gasteiger partial charge in [0.1, 0.15) is 0 Å². The molecule has 0 fully saturated rings. The van der Waals surface area contributed by atoms with Crippen LogP contribution in [0.2, 0.25) is 0 Å². The highest BCUT2D eigenvalue weighted by Gasteiger charge is 2.10. The molecule has 0 aromatic carbocycles. The maximum atomic E-state index is 11.5. The van der Waals surface area contributed by atoms with Gasteiger partial charge in [0.15, 0.2) is 0 Å². The van der Waals surface area contributed by atoms with Crippen LogP contribution >= 0.6 is 11.3 Å². The molecule has 1 heterocycles. The number of thiophene rings is 1. The highest BCUT2D eigenvalue weighted by atomic mass is 32.1. The van der Waals surface area contributed by atoms with E-state index in [2.05, 4.69) is 6.92 Å². The third-order valence-corrected chi connectivity index (χ3v) is 3.60. The van der Waals surface area contributed by atoms with Crippen LogP contribution in [0.25, 0.3) is 0 Å². The number of rotatable bonds is 8. The quantitative estimate of drug-likeness (QED) is 0.626. The number of hydrogen-bond acceptors (Lipinski definition) is 2. The SMILES string of the molecule is CCCCCCCCN(C(C)=O)c1ccsc1. The summed E-state index contributed by atoms with van der Waals surface area (Å²) in [6, 6.07) is 2.02. The van der Waals surface area contributed by atoms with Crippen LogP contribution in [0.3, 0.4) is 0 Å². The van der Waals surface area contributed by atoms with Gasteiger partial charge >= 0.3 is 0 Å². The Hall–Kier alpha value is -0.830. The van der Waals surface area contributed by atoms with Crippen LogP contribution in [-0.2, 0) is 4.79 Å². The van der Waals surface area contributed by atoms with Crippen LogP contribution in [0, 0.1) is 0 Å². The average molecular weight is 253 g/mol. The number of anilines is 1. The monoisotopic (exact) mass is 253 g/mol. The smallest absolute Gasteiger partial charge is 0.223 e. The summed E-state index contributed by atoms with van der Waals surface area (Å²) in [5.41, 5.74) is 1.05. The van der Waals surface area contributed by atoms with Crippen LogP contribution in [0.4, 0.5) is 5.69 Å². The summed E-state index contributed by atoms with van der Waals surface area (Å²) in [5, 5.41) is 4.06. The molecule has 0 N–H and O–H groups in total. The van der Waals surface area contributed by atoms with E-state index in [1.165, 1.54) is 32.1 Å². The molecule has 0 aliphatic heterocycles. The van der Waals surface area contributed by atoms with Crippen molar-refractivity contribution in [2.45, 2.75) is 52.4 Å². The molecule has 2 nitrogen and oxygen atoms in total. The zero-order valence-corrected chi connectivity index (χ0v) is 11.8. The standard InChI is InChI=1S/C14H23NOS/c1-3-4-5-6-7-8-10-15(13(2)16)14-9-11-17-12-14/h9,11-12H,3-8,10H2,1-2H3. The first-order valence-electron chi connectivity index (χ1n) is 6.56. The van der Waals surface area contributed by atoms with Gasteiger partial charge in [0.25, 0.3) is 0 Å². The maximum absolute atomic E-state index is 11.5. The minimum atomic E-state index is 0.150. The lowest BCUT2D eigenvalue weighted by atomic mass is 10.1. The fraction of sp³-hybridized carbons (Fsp3) is 0.643. The Morgan fingerprint density at radius 3 is 2.53 bits per heavy atom. The van der Waals surface area contributed by atoms with Crippen molar-refractivity contribution in [2.24, 2.45) is 0 Å². The minimum absolute atomic E-state index is 0.150. The Balaban J connectivity index is 2.25. The minimum Gasteiger partial charge on any atom is -0.312 e. The molecule has 0 saturated carbocycles. The van der Waals surface area contributed by atoms with E-state index >= 15 is 0 Å². The van der Waals surface area contributed by atoms with Gasteiger partial charge in [-0.1, -0.05) is 39.0 Å². The van der Waals surface area contributed by atoms with Gasteiger partial charge in [0, 0.05) is 18.8 Å². The summed E-state index contributed by atoms with van der Waals surface area (Å²) in [5.74, 6) is 0.150. The van der Waals surface area contributed by atoms with E-state index in [-0.39, 0.29) is 5.91 Å². The van der Waals surface area contributed by atoms with Crippen LogP contribution in [-0.4, -0.2) is 12.5 Å². The molecule has 0 saturated heterocycles. The summed E-state index contributed by atoms with van der Waals surface area (Å²) in [6.45, 7) is 4.74. The first-order valence-corrected chi connectivity index (χ1v) is 7.50. The van der Waals surface area contributed by atoms with Crippen molar-refractivity contribution in [1.29, 1.82) is 0 Å². The Kier molecular flexibility index (Phi) is 6.94. The van der Waals surface area contributed by atoms with Crippen molar-refractivity contribution >= 4 is 22.9 Å². The molecule has 1 aromatic rings. The first-order chi connectivity index (χ1) is 8.25. The molecular formula is C14H23NOS. The van der Waals surface area contributed by atoms with E-state index in [1.807, 2.05) is 21.7 Å². The average Bonchev–Trinajstić information content (AvgIpc) is 2.81. The van der Waals surface area contributed by atoms with Crippen molar-refractivity contribution in [2.75, 3.05) is 11.4 Å². The Morgan fingerprint density at radius 2 is 1.94 bits per heavy atom. The molecule has 1 rings (SSSR count). The van der Waals surface area contributed by atoms with Crippen molar-refractivity contribution in [1.82, 2.24) is 0 Å². The number of amides is 1. The van der Waals surface area contributed by atoms with Crippen LogP contribution in [0.1, 0.15) is 52.4 Å². The summed E-state index contributed by atoms with van der Waals surface area (Å²) >= 11 is 1.64. The second-order valence-corrected chi connectivity index (χ2v) is 5.20. The van der Waals surface area contributed by atoms with Crippen molar-refractivity contribution in [3.63, 3.8) is 0 Å². The fourth-order valence-corrected chi connectivity index (χ4v) is 2.57. The van der Waals surface area contributed by atoms with Gasteiger partial charge in [-0.3, -0.25) is 4.79 Å².